The van der Waals surface area contributed by atoms with Gasteiger partial charge in [-0.1, -0.05) is 47.7 Å². The lowest BCUT2D eigenvalue weighted by atomic mass is 10.2. The summed E-state index contributed by atoms with van der Waals surface area (Å²) in [5, 5.41) is 12.3. The highest BCUT2D eigenvalue weighted by Crippen LogP contribution is 2.22. The first-order valence-electron chi connectivity index (χ1n) is 9.24. The number of allylic oxidation sites excluding steroid dienone is 1. The van der Waals surface area contributed by atoms with Gasteiger partial charge in [0.25, 0.3) is 5.91 Å². The van der Waals surface area contributed by atoms with Gasteiger partial charge < -0.3 is 14.6 Å². The van der Waals surface area contributed by atoms with E-state index in [4.69, 9.17) is 4.74 Å². The topological polar surface area (TPSA) is 69.0 Å². The molecule has 150 valence electrons. The summed E-state index contributed by atoms with van der Waals surface area (Å²) in [6.07, 6.45) is 1.80. The van der Waals surface area contributed by atoms with Crippen LogP contribution in [-0.4, -0.2) is 27.8 Å². The van der Waals surface area contributed by atoms with Crippen LogP contribution in [0.1, 0.15) is 27.3 Å². The van der Waals surface area contributed by atoms with Gasteiger partial charge in [-0.15, -0.1) is 16.8 Å². The number of aryl methyl sites for hydroxylation is 1. The number of nitrogens with zero attached hydrogens (tertiary/aromatic N) is 3. The maximum absolute atomic E-state index is 12.4. The van der Waals surface area contributed by atoms with Crippen LogP contribution < -0.4 is 10.1 Å². The highest BCUT2D eigenvalue weighted by molar-refractivity contribution is 7.98. The lowest BCUT2D eigenvalue weighted by molar-refractivity contribution is 0.0949. The highest BCUT2D eigenvalue weighted by Gasteiger charge is 2.14. The first-order valence-corrected chi connectivity index (χ1v) is 10.2. The molecule has 29 heavy (non-hydrogen) atoms. The predicted octanol–water partition coefficient (Wildman–Crippen LogP) is 4.00. The molecule has 0 radical (unpaired) electrons. The molecule has 0 unspecified atom stereocenters. The number of benzene rings is 2. The molecule has 0 aliphatic carbocycles. The van der Waals surface area contributed by atoms with Crippen molar-refractivity contribution in [3.05, 3.63) is 83.7 Å². The molecule has 0 aliphatic heterocycles. The molecule has 0 saturated heterocycles. The zero-order chi connectivity index (χ0) is 20.6. The van der Waals surface area contributed by atoms with Gasteiger partial charge in [0, 0.05) is 17.9 Å². The van der Waals surface area contributed by atoms with Gasteiger partial charge in [-0.3, -0.25) is 4.79 Å². The number of carbonyl (C=O) groups excluding carboxylic acids is 1. The summed E-state index contributed by atoms with van der Waals surface area (Å²) in [6.45, 7) is 6.77. The number of ether oxygens (including phenoxy) is 1. The van der Waals surface area contributed by atoms with E-state index in [1.54, 1.807) is 49.2 Å². The van der Waals surface area contributed by atoms with E-state index in [2.05, 4.69) is 53.3 Å². The van der Waals surface area contributed by atoms with E-state index in [9.17, 15) is 4.79 Å². The molecule has 1 aromatic heterocycles. The van der Waals surface area contributed by atoms with Crippen molar-refractivity contribution in [3.63, 3.8) is 0 Å². The molecule has 3 aromatic rings. The molecule has 6 nitrogen and oxygen atoms in total. The second-order valence-corrected chi connectivity index (χ2v) is 7.43. The first kappa shape index (κ1) is 20.7. The third-order valence-electron chi connectivity index (χ3n) is 4.31. The van der Waals surface area contributed by atoms with E-state index in [0.29, 0.717) is 23.7 Å². The predicted molar refractivity (Wildman–Crippen MR) is 115 cm³/mol. The summed E-state index contributed by atoms with van der Waals surface area (Å²) >= 11 is 1.62. The molecule has 3 rings (SSSR count). The van der Waals surface area contributed by atoms with Crippen molar-refractivity contribution in [2.45, 2.75) is 30.9 Å². The number of rotatable bonds is 9. The van der Waals surface area contributed by atoms with Gasteiger partial charge in [0.15, 0.2) is 11.0 Å². The van der Waals surface area contributed by atoms with Crippen molar-refractivity contribution in [2.24, 2.45) is 0 Å². The number of thioether (sulfide) groups is 1. The lowest BCUT2D eigenvalue weighted by Crippen LogP contribution is -2.24. The Bertz CT molecular complexity index is 983. The molecule has 0 bridgehead atoms. The normalized spacial score (nSPS) is 10.6. The fourth-order valence-corrected chi connectivity index (χ4v) is 3.73. The third kappa shape index (κ3) is 5.48. The SMILES string of the molecule is C=CCn1c(CNC(=O)c2ccc(OC)cc2)nnc1SCc1cccc(C)c1. The Labute approximate surface area is 175 Å². The van der Waals surface area contributed by atoms with E-state index in [0.717, 1.165) is 10.9 Å². The van der Waals surface area contributed by atoms with Crippen molar-refractivity contribution in [1.82, 2.24) is 20.1 Å². The van der Waals surface area contributed by atoms with Crippen LogP contribution in [0.3, 0.4) is 0 Å². The number of hydrogen-bond donors (Lipinski definition) is 1. The van der Waals surface area contributed by atoms with Crippen LogP contribution in [0.15, 0.2) is 66.3 Å². The van der Waals surface area contributed by atoms with E-state index < -0.39 is 0 Å². The smallest absolute Gasteiger partial charge is 0.251 e. The maximum atomic E-state index is 12.4. The number of aromatic nitrogens is 3. The Kier molecular flexibility index (Phi) is 7.08. The van der Waals surface area contributed by atoms with Crippen LogP contribution in [0.4, 0.5) is 0 Å². The first-order chi connectivity index (χ1) is 14.1. The number of nitrogens with one attached hydrogen (secondary N) is 1. The van der Waals surface area contributed by atoms with E-state index in [1.165, 1.54) is 11.1 Å². The summed E-state index contributed by atoms with van der Waals surface area (Å²) in [4.78, 5) is 12.4. The molecule has 1 heterocycles. The van der Waals surface area contributed by atoms with E-state index >= 15 is 0 Å². The molecule has 7 heteroatoms. The van der Waals surface area contributed by atoms with E-state index in [-0.39, 0.29) is 12.5 Å². The van der Waals surface area contributed by atoms with Gasteiger partial charge in [0.2, 0.25) is 0 Å². The molecule has 0 aliphatic rings. The van der Waals surface area contributed by atoms with Gasteiger partial charge in [-0.25, -0.2) is 0 Å². The number of amides is 1. The van der Waals surface area contributed by atoms with Gasteiger partial charge in [-0.2, -0.15) is 0 Å². The molecule has 0 saturated carbocycles. The van der Waals surface area contributed by atoms with Gasteiger partial charge >= 0.3 is 0 Å². The highest BCUT2D eigenvalue weighted by atomic mass is 32.2. The summed E-state index contributed by atoms with van der Waals surface area (Å²) in [5.74, 6) is 2.03. The summed E-state index contributed by atoms with van der Waals surface area (Å²) < 4.78 is 7.09. The minimum Gasteiger partial charge on any atom is -0.497 e. The molecule has 0 fully saturated rings. The van der Waals surface area contributed by atoms with E-state index in [1.807, 2.05) is 4.57 Å². The summed E-state index contributed by atoms with van der Waals surface area (Å²) in [6, 6.07) is 15.4. The monoisotopic (exact) mass is 408 g/mol. The Balaban J connectivity index is 1.65. The second-order valence-electron chi connectivity index (χ2n) is 6.49. The van der Waals surface area contributed by atoms with Crippen molar-refractivity contribution in [3.8, 4) is 5.75 Å². The van der Waals surface area contributed by atoms with Crippen LogP contribution in [0.25, 0.3) is 0 Å². The summed E-state index contributed by atoms with van der Waals surface area (Å²) in [5.41, 5.74) is 3.03. The minimum absolute atomic E-state index is 0.172. The Hall–Kier alpha value is -3.06. The minimum atomic E-state index is -0.172. The molecular weight excluding hydrogens is 384 g/mol. The standard InChI is InChI=1S/C22H24N4O2S/c1-4-12-26-20(14-23-21(27)18-8-10-19(28-3)11-9-18)24-25-22(26)29-15-17-7-5-6-16(2)13-17/h4-11,13H,1,12,14-15H2,2-3H3,(H,23,27). The Morgan fingerprint density at radius 1 is 1.24 bits per heavy atom. The molecule has 0 spiro atoms. The number of methoxy groups -OCH3 is 1. The average molecular weight is 409 g/mol. The molecule has 1 amide bonds. The summed E-state index contributed by atoms with van der Waals surface area (Å²) in [7, 11) is 1.59. The van der Waals surface area contributed by atoms with Gasteiger partial charge in [-0.05, 0) is 36.8 Å². The van der Waals surface area contributed by atoms with Crippen molar-refractivity contribution in [2.75, 3.05) is 7.11 Å². The van der Waals surface area contributed by atoms with Gasteiger partial charge in [0.1, 0.15) is 5.75 Å². The number of carbonyl (C=O) groups is 1. The zero-order valence-electron chi connectivity index (χ0n) is 16.6. The van der Waals surface area contributed by atoms with Crippen LogP contribution in [0.2, 0.25) is 0 Å². The molecular formula is C22H24N4O2S. The fourth-order valence-electron chi connectivity index (χ4n) is 2.82. The van der Waals surface area contributed by atoms with Gasteiger partial charge in [0.05, 0.1) is 13.7 Å². The molecule has 1 N–H and O–H groups in total. The fraction of sp³-hybridized carbons (Fsp3) is 0.227. The van der Waals surface area contributed by atoms with Crippen molar-refractivity contribution >= 4 is 17.7 Å². The molecule has 2 aromatic carbocycles. The van der Waals surface area contributed by atoms with Crippen molar-refractivity contribution < 1.29 is 9.53 Å². The second kappa shape index (κ2) is 9.93. The van der Waals surface area contributed by atoms with Crippen LogP contribution in [0.5, 0.6) is 5.75 Å². The maximum Gasteiger partial charge on any atom is 0.251 e. The zero-order valence-corrected chi connectivity index (χ0v) is 17.4. The van der Waals surface area contributed by atoms with Crippen LogP contribution in [-0.2, 0) is 18.8 Å². The largest absolute Gasteiger partial charge is 0.497 e. The third-order valence-corrected chi connectivity index (χ3v) is 5.35. The van der Waals surface area contributed by atoms with Crippen LogP contribution in [0, 0.1) is 6.92 Å². The van der Waals surface area contributed by atoms with Crippen LogP contribution >= 0.6 is 11.8 Å². The lowest BCUT2D eigenvalue weighted by Gasteiger charge is -2.09. The quantitative estimate of drug-likeness (QED) is 0.428. The average Bonchev–Trinajstić information content (AvgIpc) is 3.12. The number of hydrogen-bond acceptors (Lipinski definition) is 5. The molecule has 0 atom stereocenters. The Morgan fingerprint density at radius 3 is 2.72 bits per heavy atom. The Morgan fingerprint density at radius 2 is 2.03 bits per heavy atom. The van der Waals surface area contributed by atoms with Crippen molar-refractivity contribution in [1.29, 1.82) is 0 Å².